The third kappa shape index (κ3) is 2.96. The topological polar surface area (TPSA) is 62.6 Å². The Labute approximate surface area is 139 Å². The molecule has 0 atom stereocenters. The van der Waals surface area contributed by atoms with Crippen LogP contribution in [0.5, 0.6) is 5.75 Å². The minimum Gasteiger partial charge on any atom is -0.497 e. The number of aromatic nitrogens is 1. The number of hydrogen-bond acceptors (Lipinski definition) is 4. The molecule has 0 bridgehead atoms. The lowest BCUT2D eigenvalue weighted by Crippen LogP contribution is -2.05. The molecule has 0 saturated carbocycles. The molecule has 2 aromatic carbocycles. The second-order valence-corrected chi connectivity index (χ2v) is 5.43. The molecule has 4 nitrogen and oxygen atoms in total. The van der Waals surface area contributed by atoms with Gasteiger partial charge in [-0.3, -0.25) is 4.98 Å². The number of methoxy groups -OCH3 is 1. The van der Waals surface area contributed by atoms with Crippen LogP contribution in [-0.2, 0) is 13.0 Å². The number of nitrogens with zero attached hydrogens (tertiary/aromatic N) is 1. The summed E-state index contributed by atoms with van der Waals surface area (Å²) in [7, 11) is 1.59. The van der Waals surface area contributed by atoms with Crippen molar-refractivity contribution in [2.45, 2.75) is 13.0 Å². The van der Waals surface area contributed by atoms with Gasteiger partial charge in [-0.05, 0) is 53.4 Å². The standard InChI is InChI=1S/C19H18FNO3/c1-24-14-6-7-17-16(10-14)19(12-2-4-13(20)5-3-12)15(8-9-22)18(11-23)21-17/h2-7,10,22-23H,8-9,11H2,1H3. The molecule has 1 heterocycles. The zero-order valence-corrected chi connectivity index (χ0v) is 13.3. The number of rotatable bonds is 5. The molecule has 0 aliphatic heterocycles. The smallest absolute Gasteiger partial charge is 0.123 e. The normalized spacial score (nSPS) is 11.0. The van der Waals surface area contributed by atoms with Crippen molar-refractivity contribution < 1.29 is 19.3 Å². The lowest BCUT2D eigenvalue weighted by molar-refractivity contribution is 0.271. The van der Waals surface area contributed by atoms with Crippen molar-refractivity contribution in [3.63, 3.8) is 0 Å². The van der Waals surface area contributed by atoms with E-state index in [4.69, 9.17) is 4.74 Å². The van der Waals surface area contributed by atoms with E-state index < -0.39 is 0 Å². The van der Waals surface area contributed by atoms with Gasteiger partial charge < -0.3 is 14.9 Å². The van der Waals surface area contributed by atoms with Crippen LogP contribution >= 0.6 is 0 Å². The minimum atomic E-state index is -0.319. The Kier molecular flexibility index (Phi) is 4.74. The number of halogens is 1. The van der Waals surface area contributed by atoms with Crippen LogP contribution < -0.4 is 4.74 Å². The predicted molar refractivity (Wildman–Crippen MR) is 90.4 cm³/mol. The molecule has 0 aliphatic carbocycles. The second-order valence-electron chi connectivity index (χ2n) is 5.43. The lowest BCUT2D eigenvalue weighted by Gasteiger charge is -2.17. The van der Waals surface area contributed by atoms with Gasteiger partial charge in [0.15, 0.2) is 0 Å². The average molecular weight is 327 g/mol. The van der Waals surface area contributed by atoms with Crippen molar-refractivity contribution in [2.75, 3.05) is 13.7 Å². The van der Waals surface area contributed by atoms with Crippen molar-refractivity contribution in [3.05, 3.63) is 59.5 Å². The summed E-state index contributed by atoms with van der Waals surface area (Å²) in [5.74, 6) is 0.361. The molecule has 0 spiro atoms. The molecule has 0 fully saturated rings. The Morgan fingerprint density at radius 3 is 2.46 bits per heavy atom. The van der Waals surface area contributed by atoms with Gasteiger partial charge in [-0.2, -0.15) is 0 Å². The number of hydrogen-bond donors (Lipinski definition) is 2. The van der Waals surface area contributed by atoms with Gasteiger partial charge in [-0.1, -0.05) is 12.1 Å². The molecular formula is C19H18FNO3. The highest BCUT2D eigenvalue weighted by atomic mass is 19.1. The number of pyridine rings is 1. The summed E-state index contributed by atoms with van der Waals surface area (Å²) in [6.07, 6.45) is 0.350. The fraction of sp³-hybridized carbons (Fsp3) is 0.211. The maximum absolute atomic E-state index is 13.3. The first-order valence-electron chi connectivity index (χ1n) is 7.65. The summed E-state index contributed by atoms with van der Waals surface area (Å²) in [5.41, 5.74) is 3.61. The third-order valence-electron chi connectivity index (χ3n) is 4.02. The maximum Gasteiger partial charge on any atom is 0.123 e. The van der Waals surface area contributed by atoms with Crippen molar-refractivity contribution in [3.8, 4) is 16.9 Å². The van der Waals surface area contributed by atoms with E-state index in [1.807, 2.05) is 12.1 Å². The Hall–Kier alpha value is -2.50. The first-order valence-corrected chi connectivity index (χ1v) is 7.65. The number of ether oxygens (including phenoxy) is 1. The number of aliphatic hydroxyl groups excluding tert-OH is 2. The molecule has 1 aromatic heterocycles. The van der Waals surface area contributed by atoms with E-state index in [0.717, 1.165) is 22.1 Å². The molecule has 5 heteroatoms. The SMILES string of the molecule is COc1ccc2nc(CO)c(CCO)c(-c3ccc(F)cc3)c2c1. The summed E-state index contributed by atoms with van der Waals surface area (Å²) >= 11 is 0. The highest BCUT2D eigenvalue weighted by molar-refractivity contribution is 5.97. The first-order chi connectivity index (χ1) is 11.7. The Morgan fingerprint density at radius 2 is 1.83 bits per heavy atom. The van der Waals surface area contributed by atoms with Crippen molar-refractivity contribution in [1.29, 1.82) is 0 Å². The van der Waals surface area contributed by atoms with E-state index in [9.17, 15) is 14.6 Å². The summed E-state index contributed by atoms with van der Waals surface area (Å²) in [6, 6.07) is 11.6. The van der Waals surface area contributed by atoms with Gasteiger partial charge in [0.05, 0.1) is 24.9 Å². The van der Waals surface area contributed by atoms with Crippen LogP contribution in [0.3, 0.4) is 0 Å². The number of benzene rings is 2. The van der Waals surface area contributed by atoms with Crippen molar-refractivity contribution >= 4 is 10.9 Å². The number of aliphatic hydroxyl groups is 2. The largest absolute Gasteiger partial charge is 0.497 e. The fourth-order valence-electron chi connectivity index (χ4n) is 2.92. The van der Waals surface area contributed by atoms with Crippen LogP contribution in [0.25, 0.3) is 22.0 Å². The van der Waals surface area contributed by atoms with Crippen LogP contribution in [0, 0.1) is 5.82 Å². The summed E-state index contributed by atoms with van der Waals surface area (Å²) in [6.45, 7) is -0.302. The van der Waals surface area contributed by atoms with Gasteiger partial charge in [0.1, 0.15) is 11.6 Å². The molecular weight excluding hydrogens is 309 g/mol. The zero-order chi connectivity index (χ0) is 17.1. The van der Waals surface area contributed by atoms with Gasteiger partial charge >= 0.3 is 0 Å². The number of fused-ring (bicyclic) bond motifs is 1. The van der Waals surface area contributed by atoms with Crippen LogP contribution in [0.15, 0.2) is 42.5 Å². The van der Waals surface area contributed by atoms with Crippen LogP contribution in [-0.4, -0.2) is 28.9 Å². The van der Waals surface area contributed by atoms with E-state index in [1.165, 1.54) is 12.1 Å². The second kappa shape index (κ2) is 6.95. The lowest BCUT2D eigenvalue weighted by atomic mass is 9.92. The molecule has 0 unspecified atom stereocenters. The van der Waals surface area contributed by atoms with Gasteiger partial charge in [-0.15, -0.1) is 0 Å². The van der Waals surface area contributed by atoms with Crippen molar-refractivity contribution in [2.24, 2.45) is 0 Å². The Morgan fingerprint density at radius 1 is 1.08 bits per heavy atom. The molecule has 0 amide bonds. The van der Waals surface area contributed by atoms with E-state index in [0.29, 0.717) is 23.4 Å². The zero-order valence-electron chi connectivity index (χ0n) is 13.3. The van der Waals surface area contributed by atoms with Crippen LogP contribution in [0.1, 0.15) is 11.3 Å². The first kappa shape index (κ1) is 16.4. The third-order valence-corrected chi connectivity index (χ3v) is 4.02. The molecule has 3 rings (SSSR count). The van der Waals surface area contributed by atoms with E-state index in [1.54, 1.807) is 25.3 Å². The highest BCUT2D eigenvalue weighted by Gasteiger charge is 2.16. The van der Waals surface area contributed by atoms with Crippen LogP contribution in [0.4, 0.5) is 4.39 Å². The summed E-state index contributed by atoms with van der Waals surface area (Å²) in [5, 5.41) is 20.0. The molecule has 3 aromatic rings. The van der Waals surface area contributed by atoms with Crippen LogP contribution in [0.2, 0.25) is 0 Å². The molecule has 0 saturated heterocycles. The maximum atomic E-state index is 13.3. The fourth-order valence-corrected chi connectivity index (χ4v) is 2.92. The monoisotopic (exact) mass is 327 g/mol. The molecule has 2 N–H and O–H groups in total. The molecule has 0 radical (unpaired) electrons. The van der Waals surface area contributed by atoms with Crippen molar-refractivity contribution in [1.82, 2.24) is 4.98 Å². The Balaban J connectivity index is 2.38. The highest BCUT2D eigenvalue weighted by Crippen LogP contribution is 2.35. The quantitative estimate of drug-likeness (QED) is 0.756. The van der Waals surface area contributed by atoms with E-state index in [2.05, 4.69) is 4.98 Å². The average Bonchev–Trinajstić information content (AvgIpc) is 2.62. The van der Waals surface area contributed by atoms with Gasteiger partial charge in [-0.25, -0.2) is 4.39 Å². The van der Waals surface area contributed by atoms with Gasteiger partial charge in [0.2, 0.25) is 0 Å². The van der Waals surface area contributed by atoms with Gasteiger partial charge in [0, 0.05) is 12.0 Å². The van der Waals surface area contributed by atoms with E-state index in [-0.39, 0.29) is 19.0 Å². The molecule has 124 valence electrons. The molecule has 0 aliphatic rings. The predicted octanol–water partition coefficient (Wildman–Crippen LogP) is 3.08. The Bertz CT molecular complexity index is 863. The van der Waals surface area contributed by atoms with E-state index >= 15 is 0 Å². The van der Waals surface area contributed by atoms with Gasteiger partial charge in [0.25, 0.3) is 0 Å². The molecule has 24 heavy (non-hydrogen) atoms. The summed E-state index contributed by atoms with van der Waals surface area (Å²) < 4.78 is 18.6. The minimum absolute atomic E-state index is 0.0711. The summed E-state index contributed by atoms with van der Waals surface area (Å²) in [4.78, 5) is 4.50.